The van der Waals surface area contributed by atoms with E-state index < -0.39 is 0 Å². The van der Waals surface area contributed by atoms with Gasteiger partial charge in [0.1, 0.15) is 0 Å². The van der Waals surface area contributed by atoms with Crippen LogP contribution in [0.25, 0.3) is 0 Å². The fourth-order valence-electron chi connectivity index (χ4n) is 0.879. The molecule has 1 aromatic heterocycles. The van der Waals surface area contributed by atoms with Crippen molar-refractivity contribution in [2.24, 2.45) is 10.7 Å². The lowest BCUT2D eigenvalue weighted by atomic mass is 10.2. The third-order valence-corrected chi connectivity index (χ3v) is 1.63. The van der Waals surface area contributed by atoms with Crippen molar-refractivity contribution in [3.8, 4) is 0 Å². The van der Waals surface area contributed by atoms with Crippen LogP contribution in [0.15, 0.2) is 23.3 Å². The van der Waals surface area contributed by atoms with Crippen molar-refractivity contribution in [3.63, 3.8) is 0 Å². The number of pyridine rings is 1. The molecule has 0 amide bonds. The quantitative estimate of drug-likeness (QED) is 0.344. The van der Waals surface area contributed by atoms with Crippen LogP contribution in [-0.2, 0) is 6.54 Å². The van der Waals surface area contributed by atoms with Crippen LogP contribution in [0.4, 0.5) is 0 Å². The van der Waals surface area contributed by atoms with Gasteiger partial charge < -0.3 is 5.73 Å². The molecule has 5 nitrogen and oxygen atoms in total. The minimum atomic E-state index is -0.00921. The Morgan fingerprint density at radius 1 is 1.77 bits per heavy atom. The summed E-state index contributed by atoms with van der Waals surface area (Å²) in [5.74, 6) is -0.00921. The third-order valence-electron chi connectivity index (χ3n) is 1.63. The van der Waals surface area contributed by atoms with Gasteiger partial charge in [0.2, 0.25) is 5.96 Å². The second kappa shape index (κ2) is 4.42. The molecule has 0 aliphatic rings. The van der Waals surface area contributed by atoms with Gasteiger partial charge in [0.05, 0.1) is 12.2 Å². The molecular formula is C8H12N4O. The van der Waals surface area contributed by atoms with E-state index in [1.165, 1.54) is 0 Å². The van der Waals surface area contributed by atoms with Gasteiger partial charge in [-0.1, -0.05) is 6.07 Å². The number of nitrogens with zero attached hydrogens (tertiary/aromatic N) is 2. The minimum absolute atomic E-state index is 0.00921. The molecule has 13 heavy (non-hydrogen) atoms. The van der Waals surface area contributed by atoms with E-state index in [-0.39, 0.29) is 5.96 Å². The van der Waals surface area contributed by atoms with E-state index in [0.717, 1.165) is 11.3 Å². The molecule has 5 heteroatoms. The maximum absolute atomic E-state index is 8.36. The average Bonchev–Trinajstić information content (AvgIpc) is 2.16. The Bertz CT molecular complexity index is 311. The van der Waals surface area contributed by atoms with Crippen molar-refractivity contribution >= 4 is 5.96 Å². The molecule has 0 saturated carbocycles. The number of guanidine groups is 1. The van der Waals surface area contributed by atoms with Crippen LogP contribution in [0.3, 0.4) is 0 Å². The Morgan fingerprint density at radius 2 is 2.54 bits per heavy atom. The van der Waals surface area contributed by atoms with E-state index in [2.05, 4.69) is 9.98 Å². The summed E-state index contributed by atoms with van der Waals surface area (Å²) < 4.78 is 0. The summed E-state index contributed by atoms with van der Waals surface area (Å²) in [6.07, 6.45) is 1.69. The van der Waals surface area contributed by atoms with E-state index in [1.807, 2.05) is 19.1 Å². The van der Waals surface area contributed by atoms with Gasteiger partial charge in [0.15, 0.2) is 0 Å². The molecule has 0 aromatic carbocycles. The maximum atomic E-state index is 8.36. The summed E-state index contributed by atoms with van der Waals surface area (Å²) in [4.78, 5) is 7.96. The molecule has 70 valence electrons. The van der Waals surface area contributed by atoms with Crippen LogP contribution >= 0.6 is 0 Å². The van der Waals surface area contributed by atoms with Gasteiger partial charge in [0, 0.05) is 6.20 Å². The van der Waals surface area contributed by atoms with Gasteiger partial charge in [-0.25, -0.2) is 10.5 Å². The molecule has 0 aliphatic heterocycles. The molecular weight excluding hydrogens is 168 g/mol. The van der Waals surface area contributed by atoms with Crippen molar-refractivity contribution in [2.75, 3.05) is 0 Å². The molecule has 0 aliphatic carbocycles. The molecule has 4 N–H and O–H groups in total. The number of nitrogens with one attached hydrogen (secondary N) is 1. The maximum Gasteiger partial charge on any atom is 0.213 e. The van der Waals surface area contributed by atoms with E-state index >= 15 is 0 Å². The van der Waals surface area contributed by atoms with Crippen LogP contribution < -0.4 is 11.2 Å². The van der Waals surface area contributed by atoms with Crippen LogP contribution in [0.5, 0.6) is 0 Å². The summed E-state index contributed by atoms with van der Waals surface area (Å²) in [5, 5.41) is 8.36. The first-order chi connectivity index (χ1) is 6.24. The fraction of sp³-hybridized carbons (Fsp3) is 0.250. The zero-order valence-corrected chi connectivity index (χ0v) is 7.36. The number of hydroxylamine groups is 1. The fourth-order valence-corrected chi connectivity index (χ4v) is 0.879. The highest BCUT2D eigenvalue weighted by molar-refractivity contribution is 5.76. The largest absolute Gasteiger partial charge is 0.368 e. The summed E-state index contributed by atoms with van der Waals surface area (Å²) in [6, 6.07) is 3.80. The number of hydrogen-bond acceptors (Lipinski definition) is 3. The number of rotatable bonds is 2. The van der Waals surface area contributed by atoms with Gasteiger partial charge in [-0.05, 0) is 18.6 Å². The van der Waals surface area contributed by atoms with Gasteiger partial charge in [-0.15, -0.1) is 0 Å². The summed E-state index contributed by atoms with van der Waals surface area (Å²) in [5.41, 5.74) is 8.89. The Labute approximate surface area is 76.3 Å². The number of aryl methyl sites for hydroxylation is 1. The number of aliphatic imine (C=N–C) groups is 1. The molecule has 0 spiro atoms. The van der Waals surface area contributed by atoms with Gasteiger partial charge in [-0.3, -0.25) is 10.2 Å². The lowest BCUT2D eigenvalue weighted by Gasteiger charge is -2.01. The predicted molar refractivity (Wildman–Crippen MR) is 49.2 cm³/mol. The predicted octanol–water partition coefficient (Wildman–Crippen LogP) is 0.184. The van der Waals surface area contributed by atoms with E-state index in [1.54, 1.807) is 11.7 Å². The number of hydrogen-bond donors (Lipinski definition) is 3. The van der Waals surface area contributed by atoms with E-state index in [9.17, 15) is 0 Å². The lowest BCUT2D eigenvalue weighted by Crippen LogP contribution is -2.28. The zero-order chi connectivity index (χ0) is 9.68. The third kappa shape index (κ3) is 2.72. The molecule has 0 fully saturated rings. The molecule has 0 unspecified atom stereocenters. The minimum Gasteiger partial charge on any atom is -0.368 e. The Morgan fingerprint density at radius 3 is 3.15 bits per heavy atom. The summed E-state index contributed by atoms with van der Waals surface area (Å²) in [7, 11) is 0. The van der Waals surface area contributed by atoms with Gasteiger partial charge in [0.25, 0.3) is 0 Å². The molecule has 0 bridgehead atoms. The smallest absolute Gasteiger partial charge is 0.213 e. The normalized spacial score (nSPS) is 11.4. The molecule has 1 aromatic rings. The Kier molecular flexibility index (Phi) is 3.22. The lowest BCUT2D eigenvalue weighted by molar-refractivity contribution is 0.232. The first kappa shape index (κ1) is 9.47. The van der Waals surface area contributed by atoms with Crippen molar-refractivity contribution in [1.29, 1.82) is 0 Å². The second-order valence-corrected chi connectivity index (χ2v) is 2.58. The Balaban J connectivity index is 2.70. The van der Waals surface area contributed by atoms with Gasteiger partial charge >= 0.3 is 0 Å². The van der Waals surface area contributed by atoms with E-state index in [4.69, 9.17) is 10.9 Å². The first-order valence-electron chi connectivity index (χ1n) is 3.84. The highest BCUT2D eigenvalue weighted by Crippen LogP contribution is 2.03. The van der Waals surface area contributed by atoms with E-state index in [0.29, 0.717) is 6.54 Å². The number of nitrogens with two attached hydrogens (primary N) is 1. The second-order valence-electron chi connectivity index (χ2n) is 2.58. The molecule has 1 rings (SSSR count). The summed E-state index contributed by atoms with van der Waals surface area (Å²) >= 11 is 0. The Hall–Kier alpha value is -1.62. The van der Waals surface area contributed by atoms with Crippen LogP contribution in [-0.4, -0.2) is 16.2 Å². The van der Waals surface area contributed by atoms with Crippen LogP contribution in [0, 0.1) is 6.92 Å². The van der Waals surface area contributed by atoms with Crippen molar-refractivity contribution in [3.05, 3.63) is 29.6 Å². The van der Waals surface area contributed by atoms with Crippen molar-refractivity contribution < 1.29 is 5.21 Å². The highest BCUT2D eigenvalue weighted by atomic mass is 16.5. The highest BCUT2D eigenvalue weighted by Gasteiger charge is 1.96. The van der Waals surface area contributed by atoms with Crippen molar-refractivity contribution in [2.45, 2.75) is 13.5 Å². The van der Waals surface area contributed by atoms with Crippen LogP contribution in [0.2, 0.25) is 0 Å². The summed E-state index contributed by atoms with van der Waals surface area (Å²) in [6.45, 7) is 2.31. The first-order valence-corrected chi connectivity index (χ1v) is 3.84. The van der Waals surface area contributed by atoms with Gasteiger partial charge in [-0.2, -0.15) is 0 Å². The molecule has 0 saturated heterocycles. The van der Waals surface area contributed by atoms with Crippen LogP contribution in [0.1, 0.15) is 11.3 Å². The average molecular weight is 180 g/mol. The van der Waals surface area contributed by atoms with Crippen molar-refractivity contribution in [1.82, 2.24) is 10.5 Å². The standard InChI is InChI=1S/C8H12N4O/c1-6-3-2-4-10-7(6)5-11-8(9)12-13/h2-4,13H,5H2,1H3,(H3,9,11,12). The topological polar surface area (TPSA) is 83.5 Å². The monoisotopic (exact) mass is 180 g/mol. The molecule has 0 atom stereocenters. The molecule has 1 heterocycles. The SMILES string of the molecule is Cc1cccnc1CN=C(N)NO. The zero-order valence-electron chi connectivity index (χ0n) is 7.36. The molecule has 0 radical (unpaired) electrons. The number of aromatic nitrogens is 1.